The lowest BCUT2D eigenvalue weighted by atomic mass is 10.1. The normalized spacial score (nSPS) is 13.8. The van der Waals surface area contributed by atoms with Crippen LogP contribution in [-0.2, 0) is 0 Å². The van der Waals surface area contributed by atoms with E-state index in [1.165, 1.54) is 12.1 Å². The van der Waals surface area contributed by atoms with Gasteiger partial charge in [-0.25, -0.2) is 23.0 Å². The van der Waals surface area contributed by atoms with Gasteiger partial charge in [0.2, 0.25) is 0 Å². The van der Waals surface area contributed by atoms with Crippen LogP contribution < -0.4 is 18.6 Å². The summed E-state index contributed by atoms with van der Waals surface area (Å²) < 4.78 is 46.6. The third kappa shape index (κ3) is 7.43. The van der Waals surface area contributed by atoms with Gasteiger partial charge in [0, 0.05) is 18.2 Å². The number of benzene rings is 1. The Bertz CT molecular complexity index is 480. The fourth-order valence-electron chi connectivity index (χ4n) is 1.35. The first-order valence-corrected chi connectivity index (χ1v) is 6.41. The number of rotatable bonds is 1. The zero-order chi connectivity index (χ0) is 14.3. The molecule has 0 fully saturated rings. The predicted octanol–water partition coefficient (Wildman–Crippen LogP) is -1.23. The van der Waals surface area contributed by atoms with Crippen LogP contribution in [-0.4, -0.2) is 0 Å². The molecule has 0 unspecified atom stereocenters. The number of hydrogen-bond donors (Lipinski definition) is 0. The van der Waals surface area contributed by atoms with Gasteiger partial charge >= 0.3 is 0 Å². The summed E-state index contributed by atoms with van der Waals surface area (Å²) in [5.41, 5.74) is 2.03. The lowest BCUT2D eigenvalue weighted by molar-refractivity contribution is -2.00. The summed E-state index contributed by atoms with van der Waals surface area (Å²) in [5.74, 6) is -0.204. The molecule has 0 N–H and O–H groups in total. The van der Waals surface area contributed by atoms with E-state index in [0.29, 0.717) is 0 Å². The van der Waals surface area contributed by atoms with Crippen molar-refractivity contribution in [3.8, 4) is 0 Å². The van der Waals surface area contributed by atoms with Crippen molar-refractivity contribution in [2.45, 2.75) is 6.42 Å². The first kappa shape index (κ1) is 15.5. The zero-order valence-corrected chi connectivity index (χ0v) is 10.5. The van der Waals surface area contributed by atoms with Crippen molar-refractivity contribution in [3.63, 3.8) is 0 Å². The molecule has 1 aromatic rings. The molecule has 0 bridgehead atoms. The molecule has 0 saturated carbocycles. The Kier molecular flexibility index (Phi) is 5.79. The van der Waals surface area contributed by atoms with Crippen LogP contribution in [0.1, 0.15) is 12.0 Å². The Balaban J connectivity index is 0.000000312. The maximum atomic E-state index is 12.7. The Hall–Kier alpha value is -1.59. The second-order valence-corrected chi connectivity index (χ2v) is 4.22. The van der Waals surface area contributed by atoms with Crippen molar-refractivity contribution in [2.75, 3.05) is 0 Å². The van der Waals surface area contributed by atoms with Gasteiger partial charge in [-0.1, -0.05) is 12.2 Å². The standard InChI is InChI=1S/C13H10F.ClHO4/c14-13-9-7-12(8-10-13)11-5-3-1-2-4-6-11;2-1(3,4)5/h1-3,5,7-10H,4H2;(H,2,3,4,5)/q+1;/p-1. The number of halogens is 2. The van der Waals surface area contributed by atoms with Gasteiger partial charge < -0.3 is 0 Å². The molecule has 4 nitrogen and oxygen atoms in total. The molecule has 1 aliphatic rings. The van der Waals surface area contributed by atoms with E-state index in [1.807, 2.05) is 24.3 Å². The minimum atomic E-state index is -4.94. The van der Waals surface area contributed by atoms with E-state index < -0.39 is 10.2 Å². The summed E-state index contributed by atoms with van der Waals surface area (Å²) in [5, 5.41) is 0. The molecule has 0 aliphatic heterocycles. The zero-order valence-electron chi connectivity index (χ0n) is 9.71. The van der Waals surface area contributed by atoms with E-state index in [2.05, 4.69) is 6.08 Å². The third-order valence-corrected chi connectivity index (χ3v) is 2.08. The molecule has 0 amide bonds. The fraction of sp³-hybridized carbons (Fsp3) is 0.0769. The van der Waals surface area contributed by atoms with Crippen molar-refractivity contribution in [2.24, 2.45) is 0 Å². The van der Waals surface area contributed by atoms with Crippen molar-refractivity contribution >= 4 is 5.57 Å². The summed E-state index contributed by atoms with van der Waals surface area (Å²) in [6, 6.07) is 6.48. The van der Waals surface area contributed by atoms with E-state index in [1.54, 1.807) is 12.1 Å². The number of allylic oxidation sites excluding steroid dienone is 6. The summed E-state index contributed by atoms with van der Waals surface area (Å²) >= 11 is 0. The van der Waals surface area contributed by atoms with Crippen LogP contribution >= 0.6 is 0 Å². The molecular formula is C13H10ClFO4. The maximum absolute atomic E-state index is 12.7. The van der Waals surface area contributed by atoms with Crippen LogP contribution in [0.5, 0.6) is 0 Å². The lowest BCUT2D eigenvalue weighted by Crippen LogP contribution is -2.68. The van der Waals surface area contributed by atoms with E-state index in [9.17, 15) is 4.39 Å². The van der Waals surface area contributed by atoms with E-state index in [4.69, 9.17) is 18.6 Å². The highest BCUT2D eigenvalue weighted by molar-refractivity contribution is 5.73. The summed E-state index contributed by atoms with van der Waals surface area (Å²) in [4.78, 5) is 0. The van der Waals surface area contributed by atoms with Gasteiger partial charge in [0.1, 0.15) is 5.82 Å². The average molecular weight is 285 g/mol. The third-order valence-electron chi connectivity index (χ3n) is 2.08. The van der Waals surface area contributed by atoms with Crippen molar-refractivity contribution < 1.29 is 33.3 Å². The molecule has 0 spiro atoms. The Morgan fingerprint density at radius 2 is 1.58 bits per heavy atom. The largest absolute Gasteiger partial charge is 0.222 e. The molecule has 0 aromatic heterocycles. The molecule has 0 saturated heterocycles. The van der Waals surface area contributed by atoms with Crippen LogP contribution in [0.3, 0.4) is 0 Å². The molecule has 6 heteroatoms. The van der Waals surface area contributed by atoms with Crippen LogP contribution in [0.2, 0.25) is 0 Å². The minimum absolute atomic E-state index is 0.204. The van der Waals surface area contributed by atoms with Gasteiger partial charge in [0.25, 0.3) is 0 Å². The highest BCUT2D eigenvalue weighted by atomic mass is 35.7. The van der Waals surface area contributed by atoms with Gasteiger partial charge in [-0.15, -0.1) is 10.2 Å². The van der Waals surface area contributed by atoms with E-state index in [0.717, 1.165) is 17.6 Å². The van der Waals surface area contributed by atoms with Crippen molar-refractivity contribution in [1.82, 2.24) is 0 Å². The summed E-state index contributed by atoms with van der Waals surface area (Å²) in [6.07, 6.45) is 12.0. The first-order valence-electron chi connectivity index (χ1n) is 5.18. The predicted molar refractivity (Wildman–Crippen MR) is 55.9 cm³/mol. The smallest absolute Gasteiger partial charge is 0.191 e. The van der Waals surface area contributed by atoms with E-state index >= 15 is 0 Å². The summed E-state index contributed by atoms with van der Waals surface area (Å²) in [7, 11) is -4.94. The van der Waals surface area contributed by atoms with Crippen molar-refractivity contribution in [3.05, 3.63) is 66.0 Å². The van der Waals surface area contributed by atoms with Gasteiger partial charge in [0.15, 0.2) is 5.57 Å². The van der Waals surface area contributed by atoms with Crippen LogP contribution in [0.25, 0.3) is 5.57 Å². The van der Waals surface area contributed by atoms with Gasteiger partial charge in [-0.05, 0) is 18.2 Å². The van der Waals surface area contributed by atoms with Crippen LogP contribution in [0.4, 0.5) is 4.39 Å². The fourth-order valence-corrected chi connectivity index (χ4v) is 1.35. The highest BCUT2D eigenvalue weighted by Gasteiger charge is 2.09. The molecule has 100 valence electrons. The molecule has 2 rings (SSSR count). The molecular weight excluding hydrogens is 275 g/mol. The Labute approximate surface area is 112 Å². The molecule has 1 aliphatic carbocycles. The quantitative estimate of drug-likeness (QED) is 0.604. The molecule has 0 heterocycles. The van der Waals surface area contributed by atoms with Crippen molar-refractivity contribution in [1.29, 1.82) is 0 Å². The molecule has 1 aromatic carbocycles. The lowest BCUT2D eigenvalue weighted by Gasteiger charge is -2.17. The van der Waals surface area contributed by atoms with Gasteiger partial charge in [0.05, 0.1) is 18.1 Å². The minimum Gasteiger partial charge on any atom is -0.222 e. The van der Waals surface area contributed by atoms with Gasteiger partial charge in [-0.3, -0.25) is 0 Å². The molecule has 0 radical (unpaired) electrons. The monoisotopic (exact) mass is 284 g/mol. The second kappa shape index (κ2) is 7.11. The maximum Gasteiger partial charge on any atom is 0.191 e. The Morgan fingerprint density at radius 1 is 1.00 bits per heavy atom. The van der Waals surface area contributed by atoms with Gasteiger partial charge in [-0.2, -0.15) is 0 Å². The second-order valence-electron chi connectivity index (χ2n) is 3.47. The van der Waals surface area contributed by atoms with Crippen LogP contribution in [0, 0.1) is 22.1 Å². The average Bonchev–Trinajstić information content (AvgIpc) is 2.56. The van der Waals surface area contributed by atoms with E-state index in [-0.39, 0.29) is 5.82 Å². The molecule has 0 atom stereocenters. The number of hydrogen-bond acceptors (Lipinski definition) is 4. The first-order chi connectivity index (χ1) is 8.86. The SMILES string of the molecule is Fc1ccc(C2=[C+]CC=CC=C2)cc1.[O-][Cl+3]([O-])([O-])[O-]. The topological polar surface area (TPSA) is 92.2 Å². The van der Waals surface area contributed by atoms with Crippen LogP contribution in [0.15, 0.2) is 48.6 Å². The summed E-state index contributed by atoms with van der Waals surface area (Å²) in [6.45, 7) is 0. The highest BCUT2D eigenvalue weighted by Crippen LogP contribution is 2.18. The molecule has 19 heavy (non-hydrogen) atoms. The Morgan fingerprint density at radius 3 is 2.16 bits per heavy atom.